The maximum absolute atomic E-state index is 12.5. The van der Waals surface area contributed by atoms with E-state index in [1.165, 1.54) is 6.42 Å². The lowest BCUT2D eigenvalue weighted by Crippen LogP contribution is -3.15. The lowest BCUT2D eigenvalue weighted by atomic mass is 10.1. The first kappa shape index (κ1) is 17.9. The standard InChI is InChI=1S/C17H24BrN3O2/c1-13(17(23)21-10-6-3-7-11-21)20(2)12-16(22)19-15-9-5-4-8-14(15)18/h4-5,8-9,13H,3,6-7,10-12H2,1-2H3,(H,19,22)/p+1/t13-/m1/s1. The Morgan fingerprint density at radius 1 is 1.26 bits per heavy atom. The molecular formula is C17H25BrN3O2+. The highest BCUT2D eigenvalue weighted by molar-refractivity contribution is 9.10. The van der Waals surface area contributed by atoms with Crippen LogP contribution in [-0.4, -0.2) is 49.4 Å². The zero-order valence-corrected chi connectivity index (χ0v) is 15.4. The number of benzene rings is 1. The quantitative estimate of drug-likeness (QED) is 0.806. The van der Waals surface area contributed by atoms with Gasteiger partial charge in [-0.05, 0) is 54.2 Å². The van der Waals surface area contributed by atoms with Gasteiger partial charge in [-0.2, -0.15) is 0 Å². The van der Waals surface area contributed by atoms with Crippen LogP contribution < -0.4 is 10.2 Å². The van der Waals surface area contributed by atoms with Crippen LogP contribution in [0.3, 0.4) is 0 Å². The average molecular weight is 383 g/mol. The van der Waals surface area contributed by atoms with E-state index in [0.29, 0.717) is 0 Å². The van der Waals surface area contributed by atoms with Crippen LogP contribution >= 0.6 is 15.9 Å². The molecule has 0 aromatic heterocycles. The SMILES string of the molecule is C[C@H](C(=O)N1CCCCC1)[NH+](C)CC(=O)Nc1ccccc1Br. The number of nitrogens with one attached hydrogen (secondary N) is 2. The van der Waals surface area contributed by atoms with Crippen LogP contribution in [0.1, 0.15) is 26.2 Å². The van der Waals surface area contributed by atoms with Crippen molar-refractivity contribution in [2.75, 3.05) is 32.0 Å². The lowest BCUT2D eigenvalue weighted by molar-refractivity contribution is -0.886. The Morgan fingerprint density at radius 2 is 1.91 bits per heavy atom. The third kappa shape index (κ3) is 5.04. The van der Waals surface area contributed by atoms with Crippen molar-refractivity contribution in [1.29, 1.82) is 0 Å². The first-order valence-corrected chi connectivity index (χ1v) is 8.94. The number of para-hydroxylation sites is 1. The monoisotopic (exact) mass is 382 g/mol. The molecule has 0 spiro atoms. The zero-order valence-electron chi connectivity index (χ0n) is 13.8. The topological polar surface area (TPSA) is 53.9 Å². The highest BCUT2D eigenvalue weighted by Crippen LogP contribution is 2.20. The predicted molar refractivity (Wildman–Crippen MR) is 94.4 cm³/mol. The largest absolute Gasteiger partial charge is 0.338 e. The van der Waals surface area contributed by atoms with E-state index >= 15 is 0 Å². The maximum atomic E-state index is 12.5. The molecule has 1 aliphatic heterocycles. The Morgan fingerprint density at radius 3 is 2.57 bits per heavy atom. The normalized spacial score (nSPS) is 17.4. The highest BCUT2D eigenvalue weighted by atomic mass is 79.9. The smallest absolute Gasteiger partial charge is 0.280 e. The fourth-order valence-electron chi connectivity index (χ4n) is 2.76. The molecule has 1 heterocycles. The van der Waals surface area contributed by atoms with Gasteiger partial charge in [-0.15, -0.1) is 0 Å². The number of halogens is 1. The van der Waals surface area contributed by atoms with Gasteiger partial charge in [0.05, 0.1) is 12.7 Å². The van der Waals surface area contributed by atoms with Crippen LogP contribution in [0.2, 0.25) is 0 Å². The van der Waals surface area contributed by atoms with Gasteiger partial charge in [0, 0.05) is 17.6 Å². The Balaban J connectivity index is 1.87. The van der Waals surface area contributed by atoms with Crippen molar-refractivity contribution < 1.29 is 14.5 Å². The van der Waals surface area contributed by atoms with Gasteiger partial charge < -0.3 is 15.1 Å². The number of nitrogens with zero attached hydrogens (tertiary/aromatic N) is 1. The van der Waals surface area contributed by atoms with Crippen molar-refractivity contribution in [3.8, 4) is 0 Å². The number of carbonyl (C=O) groups excluding carboxylic acids is 2. The second-order valence-corrected chi connectivity index (χ2v) is 7.01. The van der Waals surface area contributed by atoms with Gasteiger partial charge in [-0.25, -0.2) is 0 Å². The molecule has 0 saturated carbocycles. The molecule has 0 bridgehead atoms. The molecule has 1 unspecified atom stereocenters. The Kier molecular flexibility index (Phi) is 6.59. The van der Waals surface area contributed by atoms with Gasteiger partial charge >= 0.3 is 0 Å². The maximum Gasteiger partial charge on any atom is 0.280 e. The second-order valence-electron chi connectivity index (χ2n) is 6.16. The average Bonchev–Trinajstić information content (AvgIpc) is 2.56. The number of anilines is 1. The van der Waals surface area contributed by atoms with Gasteiger partial charge in [0.2, 0.25) is 0 Å². The Bertz CT molecular complexity index is 559. The van der Waals surface area contributed by atoms with Gasteiger partial charge in [0.1, 0.15) is 0 Å². The van der Waals surface area contributed by atoms with Crippen molar-refractivity contribution in [2.45, 2.75) is 32.2 Å². The minimum Gasteiger partial charge on any atom is -0.338 e. The molecule has 1 fully saturated rings. The lowest BCUT2D eigenvalue weighted by Gasteiger charge is -2.30. The summed E-state index contributed by atoms with van der Waals surface area (Å²) in [4.78, 5) is 27.5. The van der Waals surface area contributed by atoms with Crippen LogP contribution in [0.15, 0.2) is 28.7 Å². The van der Waals surface area contributed by atoms with Crippen molar-refractivity contribution in [1.82, 2.24) is 4.90 Å². The number of quaternary nitrogens is 1. The minimum absolute atomic E-state index is 0.0901. The van der Waals surface area contributed by atoms with Crippen LogP contribution in [0, 0.1) is 0 Å². The van der Waals surface area contributed by atoms with Gasteiger partial charge in [0.15, 0.2) is 12.6 Å². The highest BCUT2D eigenvalue weighted by Gasteiger charge is 2.29. The number of rotatable bonds is 5. The molecule has 126 valence electrons. The van der Waals surface area contributed by atoms with E-state index in [2.05, 4.69) is 21.2 Å². The molecule has 1 aromatic carbocycles. The molecule has 5 nitrogen and oxygen atoms in total. The molecule has 23 heavy (non-hydrogen) atoms. The van der Waals surface area contributed by atoms with Crippen molar-refractivity contribution in [3.05, 3.63) is 28.7 Å². The summed E-state index contributed by atoms with van der Waals surface area (Å²) >= 11 is 3.41. The molecule has 0 aliphatic carbocycles. The number of piperidine rings is 1. The Labute approximate surface area is 146 Å². The van der Waals surface area contributed by atoms with E-state index in [1.807, 2.05) is 43.1 Å². The number of hydrogen-bond acceptors (Lipinski definition) is 2. The molecule has 2 rings (SSSR count). The van der Waals surface area contributed by atoms with E-state index in [9.17, 15) is 9.59 Å². The van der Waals surface area contributed by atoms with E-state index in [4.69, 9.17) is 0 Å². The second kappa shape index (κ2) is 8.45. The number of likely N-dealkylation sites (N-methyl/N-ethyl adjacent to an activating group) is 1. The summed E-state index contributed by atoms with van der Waals surface area (Å²) in [6, 6.07) is 7.29. The first-order chi connectivity index (χ1) is 11.0. The summed E-state index contributed by atoms with van der Waals surface area (Å²) < 4.78 is 0.850. The molecule has 6 heteroatoms. The van der Waals surface area contributed by atoms with Gasteiger partial charge in [-0.3, -0.25) is 9.59 Å². The fourth-order valence-corrected chi connectivity index (χ4v) is 3.15. The molecule has 0 radical (unpaired) electrons. The molecule has 1 saturated heterocycles. The minimum atomic E-state index is -0.210. The summed E-state index contributed by atoms with van der Waals surface area (Å²) in [5, 5.41) is 2.88. The van der Waals surface area contributed by atoms with Crippen molar-refractivity contribution >= 4 is 33.4 Å². The number of hydrogen-bond donors (Lipinski definition) is 2. The Hall–Kier alpha value is -1.40. The fraction of sp³-hybridized carbons (Fsp3) is 0.529. The van der Waals surface area contributed by atoms with E-state index < -0.39 is 0 Å². The number of amides is 2. The summed E-state index contributed by atoms with van der Waals surface area (Å²) in [6.07, 6.45) is 3.37. The molecule has 1 aliphatic rings. The van der Waals surface area contributed by atoms with Crippen LogP contribution in [-0.2, 0) is 9.59 Å². The van der Waals surface area contributed by atoms with E-state index in [0.717, 1.165) is 41.0 Å². The third-order valence-electron chi connectivity index (χ3n) is 4.36. The third-order valence-corrected chi connectivity index (χ3v) is 5.06. The van der Waals surface area contributed by atoms with Crippen molar-refractivity contribution in [3.63, 3.8) is 0 Å². The molecular weight excluding hydrogens is 358 g/mol. The van der Waals surface area contributed by atoms with E-state index in [1.54, 1.807) is 0 Å². The van der Waals surface area contributed by atoms with Gasteiger partial charge in [-0.1, -0.05) is 12.1 Å². The zero-order chi connectivity index (χ0) is 16.8. The number of carbonyl (C=O) groups is 2. The van der Waals surface area contributed by atoms with Crippen LogP contribution in [0.25, 0.3) is 0 Å². The summed E-state index contributed by atoms with van der Waals surface area (Å²) in [5.41, 5.74) is 0.750. The van der Waals surface area contributed by atoms with Crippen molar-refractivity contribution in [2.24, 2.45) is 0 Å². The van der Waals surface area contributed by atoms with Crippen LogP contribution in [0.4, 0.5) is 5.69 Å². The number of likely N-dealkylation sites (tertiary alicyclic amines) is 1. The molecule has 2 amide bonds. The van der Waals surface area contributed by atoms with E-state index in [-0.39, 0.29) is 24.4 Å². The molecule has 2 N–H and O–H groups in total. The first-order valence-electron chi connectivity index (χ1n) is 8.14. The summed E-state index contributed by atoms with van der Waals surface area (Å²) in [7, 11) is 1.89. The summed E-state index contributed by atoms with van der Waals surface area (Å²) in [6.45, 7) is 3.86. The molecule has 2 atom stereocenters. The summed E-state index contributed by atoms with van der Waals surface area (Å²) in [5.74, 6) is 0.0589. The van der Waals surface area contributed by atoms with Gasteiger partial charge in [0.25, 0.3) is 11.8 Å². The van der Waals surface area contributed by atoms with Crippen LogP contribution in [0.5, 0.6) is 0 Å². The predicted octanol–water partition coefficient (Wildman–Crippen LogP) is 1.30. The molecule has 1 aromatic rings.